The summed E-state index contributed by atoms with van der Waals surface area (Å²) < 4.78 is 14.5. The predicted octanol–water partition coefficient (Wildman–Crippen LogP) is 4.80. The molecule has 0 atom stereocenters. The summed E-state index contributed by atoms with van der Waals surface area (Å²) in [5.41, 5.74) is 0. The van der Waals surface area contributed by atoms with Gasteiger partial charge in [0, 0.05) is 13.2 Å². The number of hydrogen-bond acceptors (Lipinski definition) is 2. The van der Waals surface area contributed by atoms with Crippen LogP contribution in [0.5, 0.6) is 0 Å². The van der Waals surface area contributed by atoms with Crippen molar-refractivity contribution in [2.75, 3.05) is 13.2 Å². The van der Waals surface area contributed by atoms with E-state index in [1.54, 1.807) is 0 Å². The molecular weight excluding hydrogens is 303 g/mol. The molecule has 136 valence electrons. The second kappa shape index (κ2) is 19.1. The Balaban J connectivity index is 0. The highest BCUT2D eigenvalue weighted by molar-refractivity contribution is 7.45. The Hall–Kier alpha value is 0.0700. The van der Waals surface area contributed by atoms with Gasteiger partial charge < -0.3 is 19.4 Å². The van der Waals surface area contributed by atoms with Crippen molar-refractivity contribution in [3.63, 3.8) is 0 Å². The summed E-state index contributed by atoms with van der Waals surface area (Å²) >= 11 is 0. The Bertz CT molecular complexity index is 220. The largest absolute Gasteiger partial charge is 0.466 e. The average Bonchev–Trinajstić information content (AvgIpc) is 2.42. The molecule has 0 spiro atoms. The summed E-state index contributed by atoms with van der Waals surface area (Å²) in [7, 11) is -4.64. The van der Waals surface area contributed by atoms with Crippen molar-refractivity contribution in [3.8, 4) is 0 Å². The molecule has 0 aliphatic rings. The van der Waals surface area contributed by atoms with Crippen molar-refractivity contribution in [2.45, 2.75) is 90.9 Å². The van der Waals surface area contributed by atoms with Crippen LogP contribution < -0.4 is 0 Å². The predicted molar refractivity (Wildman–Crippen MR) is 91.8 cm³/mol. The molecule has 0 aromatic heterocycles. The van der Waals surface area contributed by atoms with E-state index < -0.39 is 7.82 Å². The molecule has 0 aliphatic carbocycles. The van der Waals surface area contributed by atoms with E-state index in [4.69, 9.17) is 24.0 Å². The Kier molecular flexibility index (Phi) is 21.1. The summed E-state index contributed by atoms with van der Waals surface area (Å²) in [6, 6.07) is 0. The first-order chi connectivity index (χ1) is 10.4. The third-order valence-corrected chi connectivity index (χ3v) is 3.28. The van der Waals surface area contributed by atoms with E-state index in [9.17, 15) is 0 Å². The smallest absolute Gasteiger partial charge is 0.381 e. The van der Waals surface area contributed by atoms with Crippen molar-refractivity contribution < 1.29 is 24.0 Å². The van der Waals surface area contributed by atoms with Gasteiger partial charge in [-0.1, -0.05) is 78.1 Å². The van der Waals surface area contributed by atoms with Crippen LogP contribution in [0, 0.1) is 0 Å². The molecule has 0 aromatic carbocycles. The van der Waals surface area contributed by atoms with Crippen molar-refractivity contribution in [1.82, 2.24) is 0 Å². The van der Waals surface area contributed by atoms with Gasteiger partial charge in [0.15, 0.2) is 0 Å². The van der Waals surface area contributed by atoms with Crippen molar-refractivity contribution in [1.29, 1.82) is 0 Å². The zero-order valence-corrected chi connectivity index (χ0v) is 15.4. The van der Waals surface area contributed by atoms with Crippen LogP contribution in [0.1, 0.15) is 90.9 Å². The molecule has 3 N–H and O–H groups in total. The van der Waals surface area contributed by atoms with Gasteiger partial charge in [0.25, 0.3) is 0 Å². The van der Waals surface area contributed by atoms with Crippen LogP contribution in [-0.4, -0.2) is 27.9 Å². The number of ether oxygens (including phenoxy) is 1. The lowest BCUT2D eigenvalue weighted by molar-refractivity contribution is 0.125. The van der Waals surface area contributed by atoms with Gasteiger partial charge in [-0.2, -0.15) is 0 Å². The fourth-order valence-electron chi connectivity index (χ4n) is 2.07. The second-order valence-electron chi connectivity index (χ2n) is 5.66. The molecule has 0 unspecified atom stereocenters. The Morgan fingerprint density at radius 1 is 0.636 bits per heavy atom. The highest BCUT2D eigenvalue weighted by Crippen LogP contribution is 2.25. The third-order valence-electron chi connectivity index (χ3n) is 3.28. The second-order valence-corrected chi connectivity index (χ2v) is 6.69. The minimum absolute atomic E-state index is 0.987. The first-order valence-electron chi connectivity index (χ1n) is 8.77. The molecule has 0 bridgehead atoms. The standard InChI is InChI=1S/C16H34O.H3O4P/c1-3-5-7-9-11-13-15-17-16-14-12-10-8-6-4-2;1-5(2,3)4/h3-16H2,1-2H3;(H3,1,2,3,4). The Morgan fingerprint density at radius 3 is 1.23 bits per heavy atom. The van der Waals surface area contributed by atoms with Crippen molar-refractivity contribution in [3.05, 3.63) is 0 Å². The third kappa shape index (κ3) is 36.9. The average molecular weight is 340 g/mol. The van der Waals surface area contributed by atoms with Crippen molar-refractivity contribution in [2.24, 2.45) is 0 Å². The molecule has 0 saturated heterocycles. The maximum Gasteiger partial charge on any atom is 0.466 e. The van der Waals surface area contributed by atoms with E-state index in [1.807, 2.05) is 0 Å². The minimum Gasteiger partial charge on any atom is -0.381 e. The fraction of sp³-hybridized carbons (Fsp3) is 1.00. The maximum atomic E-state index is 8.88. The number of hydrogen-bond donors (Lipinski definition) is 3. The lowest BCUT2D eigenvalue weighted by Crippen LogP contribution is -1.97. The Labute approximate surface area is 136 Å². The quantitative estimate of drug-likeness (QED) is 0.312. The number of rotatable bonds is 14. The zero-order chi connectivity index (χ0) is 17.1. The van der Waals surface area contributed by atoms with Crippen LogP contribution >= 0.6 is 7.82 Å². The molecule has 6 heteroatoms. The first kappa shape index (κ1) is 24.3. The van der Waals surface area contributed by atoms with Crippen molar-refractivity contribution >= 4 is 7.82 Å². The molecule has 0 amide bonds. The highest BCUT2D eigenvalue weighted by Gasteiger charge is 2.00. The Morgan fingerprint density at radius 2 is 0.909 bits per heavy atom. The molecule has 0 aliphatic heterocycles. The summed E-state index contributed by atoms with van der Waals surface area (Å²) in [6.45, 7) is 6.51. The molecule has 5 nitrogen and oxygen atoms in total. The molecule has 22 heavy (non-hydrogen) atoms. The summed E-state index contributed by atoms with van der Waals surface area (Å²) in [4.78, 5) is 21.6. The van der Waals surface area contributed by atoms with Gasteiger partial charge in [-0.15, -0.1) is 0 Å². The van der Waals surface area contributed by atoms with E-state index in [0.717, 1.165) is 13.2 Å². The van der Waals surface area contributed by atoms with Gasteiger partial charge in [-0.05, 0) is 12.8 Å². The summed E-state index contributed by atoms with van der Waals surface area (Å²) in [6.07, 6.45) is 16.3. The van der Waals surface area contributed by atoms with E-state index in [-0.39, 0.29) is 0 Å². The lowest BCUT2D eigenvalue weighted by atomic mass is 10.1. The molecule has 0 heterocycles. The van der Waals surface area contributed by atoms with Gasteiger partial charge >= 0.3 is 7.82 Å². The van der Waals surface area contributed by atoms with Gasteiger partial charge in [0.05, 0.1) is 0 Å². The van der Waals surface area contributed by atoms with Crippen LogP contribution in [0.2, 0.25) is 0 Å². The molecule has 0 radical (unpaired) electrons. The van der Waals surface area contributed by atoms with Gasteiger partial charge in [-0.25, -0.2) is 4.57 Å². The normalized spacial score (nSPS) is 11.1. The van der Waals surface area contributed by atoms with E-state index in [0.29, 0.717) is 0 Å². The van der Waals surface area contributed by atoms with E-state index in [2.05, 4.69) is 13.8 Å². The topological polar surface area (TPSA) is 87.0 Å². The summed E-state index contributed by atoms with van der Waals surface area (Å²) in [5, 5.41) is 0. The molecular formula is C16H37O5P. The van der Waals surface area contributed by atoms with E-state index >= 15 is 0 Å². The van der Waals surface area contributed by atoms with Crippen LogP contribution in [0.3, 0.4) is 0 Å². The molecule has 0 rings (SSSR count). The number of unbranched alkanes of at least 4 members (excludes halogenated alkanes) is 10. The lowest BCUT2D eigenvalue weighted by Gasteiger charge is -2.04. The SMILES string of the molecule is CCCCCCCCOCCCCCCCC.O=P(O)(O)O. The highest BCUT2D eigenvalue weighted by atomic mass is 31.2. The number of phosphoric acid groups is 1. The molecule has 0 saturated carbocycles. The van der Waals surface area contributed by atoms with Gasteiger partial charge in [0.2, 0.25) is 0 Å². The summed E-state index contributed by atoms with van der Waals surface area (Å²) in [5.74, 6) is 0. The maximum absolute atomic E-state index is 8.88. The zero-order valence-electron chi connectivity index (χ0n) is 14.5. The van der Waals surface area contributed by atoms with Gasteiger partial charge in [-0.3, -0.25) is 0 Å². The minimum atomic E-state index is -4.64. The van der Waals surface area contributed by atoms with E-state index in [1.165, 1.54) is 77.0 Å². The fourth-order valence-corrected chi connectivity index (χ4v) is 2.07. The van der Waals surface area contributed by atoms with Gasteiger partial charge in [0.1, 0.15) is 0 Å². The first-order valence-corrected chi connectivity index (χ1v) is 10.3. The monoisotopic (exact) mass is 340 g/mol. The molecule has 0 aromatic rings. The van der Waals surface area contributed by atoms with Crippen LogP contribution in [0.4, 0.5) is 0 Å². The van der Waals surface area contributed by atoms with Crippen LogP contribution in [0.25, 0.3) is 0 Å². The van der Waals surface area contributed by atoms with Crippen LogP contribution in [-0.2, 0) is 9.30 Å². The van der Waals surface area contributed by atoms with Crippen LogP contribution in [0.15, 0.2) is 0 Å². The molecule has 0 fully saturated rings.